The van der Waals surface area contributed by atoms with Crippen LogP contribution in [0.15, 0.2) is 22.7 Å². The molecule has 0 saturated carbocycles. The Kier molecular flexibility index (Phi) is 7.29. The Morgan fingerprint density at radius 2 is 1.87 bits per heavy atom. The number of nitrogens with zero attached hydrogens (tertiary/aromatic N) is 1. The number of anilines is 1. The minimum Gasteiger partial charge on any atom is -0.398 e. The van der Waals surface area contributed by atoms with Crippen molar-refractivity contribution in [2.24, 2.45) is 5.84 Å². The summed E-state index contributed by atoms with van der Waals surface area (Å²) in [6.07, 6.45) is 0. The van der Waals surface area contributed by atoms with Crippen LogP contribution >= 0.6 is 15.9 Å². The monoisotopic (exact) mass is 277 g/mol. The van der Waals surface area contributed by atoms with Crippen LogP contribution in [0.3, 0.4) is 0 Å². The van der Waals surface area contributed by atoms with E-state index in [1.807, 2.05) is 13.8 Å². The highest BCUT2D eigenvalue weighted by Crippen LogP contribution is 2.21. The lowest BCUT2D eigenvalue weighted by Crippen LogP contribution is -2.29. The summed E-state index contributed by atoms with van der Waals surface area (Å²) in [4.78, 5) is 0. The van der Waals surface area contributed by atoms with Gasteiger partial charge in [0.25, 0.3) is 0 Å². The molecule has 0 aliphatic carbocycles. The van der Waals surface area contributed by atoms with Crippen molar-refractivity contribution in [3.05, 3.63) is 28.5 Å². The summed E-state index contributed by atoms with van der Waals surface area (Å²) in [6.45, 7) is 5.94. The second-order valence-corrected chi connectivity index (χ2v) is 3.66. The largest absolute Gasteiger partial charge is 0.398 e. The molecule has 4 N–H and O–H groups in total. The summed E-state index contributed by atoms with van der Waals surface area (Å²) in [5, 5.41) is 1.75. The maximum absolute atomic E-state index is 12.5. The molecule has 0 aromatic heterocycles. The lowest BCUT2D eigenvalue weighted by Gasteiger charge is -2.07. The fraction of sp³-hybridized carbons (Fsp3) is 0.400. The maximum Gasteiger partial charge on any atom is 0.139 e. The Labute approximate surface area is 98.3 Å². The van der Waals surface area contributed by atoms with Gasteiger partial charge in [-0.1, -0.05) is 19.9 Å². The Hall–Kier alpha value is -0.650. The van der Waals surface area contributed by atoms with E-state index in [0.717, 1.165) is 13.1 Å². The third-order valence-electron chi connectivity index (χ3n) is 1.79. The van der Waals surface area contributed by atoms with Crippen molar-refractivity contribution in [1.82, 2.24) is 5.01 Å². The highest BCUT2D eigenvalue weighted by atomic mass is 79.9. The Morgan fingerprint density at radius 1 is 1.33 bits per heavy atom. The molecule has 86 valence electrons. The van der Waals surface area contributed by atoms with E-state index in [0.29, 0.717) is 10.2 Å². The molecule has 5 heteroatoms. The van der Waals surface area contributed by atoms with Gasteiger partial charge in [0.15, 0.2) is 0 Å². The van der Waals surface area contributed by atoms with E-state index in [1.54, 1.807) is 17.1 Å². The number of hydrogen-bond donors (Lipinski definition) is 2. The maximum atomic E-state index is 12.5. The molecule has 0 fully saturated rings. The average Bonchev–Trinajstić information content (AvgIpc) is 2.25. The molecule has 0 heterocycles. The second-order valence-electron chi connectivity index (χ2n) is 2.86. The van der Waals surface area contributed by atoms with Gasteiger partial charge in [-0.05, 0) is 28.1 Å². The number of hydrazine groups is 1. The van der Waals surface area contributed by atoms with Gasteiger partial charge in [0.2, 0.25) is 0 Å². The van der Waals surface area contributed by atoms with Crippen LogP contribution in [0, 0.1) is 5.82 Å². The summed E-state index contributed by atoms with van der Waals surface area (Å²) in [6, 6.07) is 4.54. The third-order valence-corrected chi connectivity index (χ3v) is 2.63. The molecule has 1 aromatic carbocycles. The molecule has 15 heavy (non-hydrogen) atoms. The van der Waals surface area contributed by atoms with Crippen molar-refractivity contribution in [1.29, 1.82) is 0 Å². The Morgan fingerprint density at radius 3 is 2.13 bits per heavy atom. The summed E-state index contributed by atoms with van der Waals surface area (Å²) in [5.74, 6) is 4.98. The molecule has 0 aliphatic rings. The van der Waals surface area contributed by atoms with E-state index in [4.69, 9.17) is 11.6 Å². The molecule has 1 rings (SSSR count). The SMILES string of the molecule is CCN(N)CC.Nc1cccc(F)c1Br. The molecule has 0 bridgehead atoms. The van der Waals surface area contributed by atoms with E-state index in [-0.39, 0.29) is 5.82 Å². The zero-order valence-electron chi connectivity index (χ0n) is 9.00. The molecule has 3 nitrogen and oxygen atoms in total. The van der Waals surface area contributed by atoms with Gasteiger partial charge in [0, 0.05) is 18.8 Å². The lowest BCUT2D eigenvalue weighted by molar-refractivity contribution is 0.316. The fourth-order valence-electron chi connectivity index (χ4n) is 0.744. The first-order valence-electron chi connectivity index (χ1n) is 4.72. The van der Waals surface area contributed by atoms with Gasteiger partial charge in [0.1, 0.15) is 5.82 Å². The molecule has 1 aromatic rings. The van der Waals surface area contributed by atoms with Gasteiger partial charge < -0.3 is 5.73 Å². The number of hydrogen-bond acceptors (Lipinski definition) is 3. The van der Waals surface area contributed by atoms with E-state index < -0.39 is 0 Å². The molecule has 0 amide bonds. The van der Waals surface area contributed by atoms with Gasteiger partial charge >= 0.3 is 0 Å². The third kappa shape index (κ3) is 5.71. The average molecular weight is 278 g/mol. The van der Waals surface area contributed by atoms with Crippen molar-refractivity contribution in [2.45, 2.75) is 13.8 Å². The van der Waals surface area contributed by atoms with E-state index in [9.17, 15) is 4.39 Å². The van der Waals surface area contributed by atoms with Crippen molar-refractivity contribution in [3.8, 4) is 0 Å². The van der Waals surface area contributed by atoms with Gasteiger partial charge in [0.05, 0.1) is 4.47 Å². The van der Waals surface area contributed by atoms with Crippen LogP contribution in [0.1, 0.15) is 13.8 Å². The predicted molar refractivity (Wildman–Crippen MR) is 65.6 cm³/mol. The highest BCUT2D eigenvalue weighted by molar-refractivity contribution is 9.10. The minimum atomic E-state index is -0.324. The van der Waals surface area contributed by atoms with Gasteiger partial charge in [-0.3, -0.25) is 5.84 Å². The van der Waals surface area contributed by atoms with Crippen LogP contribution in [0.25, 0.3) is 0 Å². The van der Waals surface area contributed by atoms with Crippen LogP contribution in [-0.4, -0.2) is 18.1 Å². The quantitative estimate of drug-likeness (QED) is 0.496. The molecule has 0 saturated heterocycles. The van der Waals surface area contributed by atoms with Crippen LogP contribution in [0.2, 0.25) is 0 Å². The number of nitrogens with two attached hydrogens (primary N) is 2. The normalized spacial score (nSPS) is 9.73. The number of rotatable bonds is 2. The van der Waals surface area contributed by atoms with Crippen molar-refractivity contribution in [2.75, 3.05) is 18.8 Å². The molecule has 0 aliphatic heterocycles. The molecule has 0 atom stereocenters. The van der Waals surface area contributed by atoms with Crippen molar-refractivity contribution in [3.63, 3.8) is 0 Å². The van der Waals surface area contributed by atoms with Crippen LogP contribution in [-0.2, 0) is 0 Å². The first kappa shape index (κ1) is 14.3. The predicted octanol–water partition coefficient (Wildman–Crippen LogP) is 2.37. The topological polar surface area (TPSA) is 55.3 Å². The Balaban J connectivity index is 0.000000288. The molecule has 0 spiro atoms. The zero-order chi connectivity index (χ0) is 11.8. The first-order valence-corrected chi connectivity index (χ1v) is 5.51. The summed E-state index contributed by atoms with van der Waals surface area (Å²) < 4.78 is 12.8. The van der Waals surface area contributed by atoms with E-state index in [1.165, 1.54) is 6.07 Å². The molecule has 0 unspecified atom stereocenters. The van der Waals surface area contributed by atoms with Crippen molar-refractivity contribution >= 4 is 21.6 Å². The van der Waals surface area contributed by atoms with Gasteiger partial charge in [-0.15, -0.1) is 0 Å². The van der Waals surface area contributed by atoms with Crippen LogP contribution in [0.4, 0.5) is 10.1 Å². The van der Waals surface area contributed by atoms with E-state index >= 15 is 0 Å². The van der Waals surface area contributed by atoms with Crippen LogP contribution < -0.4 is 11.6 Å². The molecular weight excluding hydrogens is 261 g/mol. The number of benzene rings is 1. The van der Waals surface area contributed by atoms with Gasteiger partial charge in [-0.25, -0.2) is 9.40 Å². The highest BCUT2D eigenvalue weighted by Gasteiger charge is 1.98. The smallest absolute Gasteiger partial charge is 0.139 e. The van der Waals surface area contributed by atoms with E-state index in [2.05, 4.69) is 15.9 Å². The first-order chi connectivity index (χ1) is 7.02. The summed E-state index contributed by atoms with van der Waals surface area (Å²) in [5.41, 5.74) is 5.76. The number of halogens is 2. The zero-order valence-corrected chi connectivity index (χ0v) is 10.6. The standard InChI is InChI=1S/C6H5BrFN.C4H12N2/c7-6-4(8)2-1-3-5(6)9;1-3-6(5)4-2/h1-3H,9H2;3-5H2,1-2H3. The summed E-state index contributed by atoms with van der Waals surface area (Å²) in [7, 11) is 0. The summed E-state index contributed by atoms with van der Waals surface area (Å²) >= 11 is 2.98. The molecular formula is C10H17BrFN3. The van der Waals surface area contributed by atoms with Crippen LogP contribution in [0.5, 0.6) is 0 Å². The lowest BCUT2D eigenvalue weighted by atomic mass is 10.3. The minimum absolute atomic E-state index is 0.324. The van der Waals surface area contributed by atoms with Crippen molar-refractivity contribution < 1.29 is 4.39 Å². The fourth-order valence-corrected chi connectivity index (χ4v) is 1.01. The Bertz CT molecular complexity index is 270. The van der Waals surface area contributed by atoms with Gasteiger partial charge in [-0.2, -0.15) is 0 Å². The number of nitrogen functional groups attached to an aromatic ring is 1. The molecule has 0 radical (unpaired) electrons. The second kappa shape index (κ2) is 7.62.